The van der Waals surface area contributed by atoms with E-state index in [0.29, 0.717) is 0 Å². The maximum absolute atomic E-state index is 4.81. The molecule has 3 nitrogen and oxygen atoms in total. The Morgan fingerprint density at radius 1 is 1.30 bits per heavy atom. The van der Waals surface area contributed by atoms with Crippen molar-refractivity contribution < 1.29 is 0 Å². The predicted molar refractivity (Wildman–Crippen MR) is 86.1 cm³/mol. The number of aryl methyl sites for hydroxylation is 1. The van der Waals surface area contributed by atoms with Crippen LogP contribution >= 0.6 is 0 Å². The number of piperidine rings is 1. The fraction of sp³-hybridized carbons (Fsp3) is 0.706. The summed E-state index contributed by atoms with van der Waals surface area (Å²) in [5.74, 6) is 2.86. The second-order valence-electron chi connectivity index (χ2n) is 6.26. The van der Waals surface area contributed by atoms with Gasteiger partial charge in [-0.25, -0.2) is 4.98 Å². The zero-order valence-corrected chi connectivity index (χ0v) is 13.4. The van der Waals surface area contributed by atoms with Gasteiger partial charge in [-0.2, -0.15) is 0 Å². The van der Waals surface area contributed by atoms with Crippen LogP contribution in [0.25, 0.3) is 0 Å². The first-order chi connectivity index (χ1) is 9.61. The van der Waals surface area contributed by atoms with Crippen molar-refractivity contribution in [2.45, 2.75) is 47.1 Å². The summed E-state index contributed by atoms with van der Waals surface area (Å²) < 4.78 is 0. The van der Waals surface area contributed by atoms with Gasteiger partial charge in [-0.1, -0.05) is 26.8 Å². The molecule has 0 unspecified atom stereocenters. The monoisotopic (exact) mass is 275 g/mol. The highest BCUT2D eigenvalue weighted by Crippen LogP contribution is 2.27. The number of hydrogen-bond acceptors (Lipinski definition) is 3. The molecule has 1 saturated heterocycles. The lowest BCUT2D eigenvalue weighted by molar-refractivity contribution is 0.310. The van der Waals surface area contributed by atoms with Crippen LogP contribution in [0.3, 0.4) is 0 Å². The largest absolute Gasteiger partial charge is 0.357 e. The van der Waals surface area contributed by atoms with Crippen molar-refractivity contribution in [2.75, 3.05) is 24.5 Å². The topological polar surface area (TPSA) is 28.2 Å². The Morgan fingerprint density at radius 3 is 2.55 bits per heavy atom. The van der Waals surface area contributed by atoms with Crippen LogP contribution in [-0.4, -0.2) is 24.6 Å². The summed E-state index contributed by atoms with van der Waals surface area (Å²) in [6.45, 7) is 13.2. The Kier molecular flexibility index (Phi) is 5.41. The summed E-state index contributed by atoms with van der Waals surface area (Å²) in [6, 6.07) is 4.42. The maximum atomic E-state index is 4.81. The van der Waals surface area contributed by atoms with Gasteiger partial charge in [0.1, 0.15) is 5.82 Å². The molecule has 1 N–H and O–H groups in total. The van der Waals surface area contributed by atoms with Gasteiger partial charge in [-0.05, 0) is 49.8 Å². The van der Waals surface area contributed by atoms with Crippen molar-refractivity contribution in [3.63, 3.8) is 0 Å². The summed E-state index contributed by atoms with van der Waals surface area (Å²) in [4.78, 5) is 7.25. The summed E-state index contributed by atoms with van der Waals surface area (Å²) in [5.41, 5.74) is 2.47. The van der Waals surface area contributed by atoms with Gasteiger partial charge in [0.2, 0.25) is 0 Å². The average molecular weight is 275 g/mol. The molecule has 0 amide bonds. The highest BCUT2D eigenvalue weighted by molar-refractivity contribution is 5.42. The summed E-state index contributed by atoms with van der Waals surface area (Å²) in [5, 5.41) is 3.37. The Labute approximate surface area is 123 Å². The van der Waals surface area contributed by atoms with Crippen LogP contribution in [0.2, 0.25) is 0 Å². The van der Waals surface area contributed by atoms with Crippen LogP contribution in [-0.2, 0) is 6.54 Å². The minimum absolute atomic E-state index is 0.814. The maximum Gasteiger partial charge on any atom is 0.128 e. The van der Waals surface area contributed by atoms with E-state index >= 15 is 0 Å². The molecular weight excluding hydrogens is 246 g/mol. The third-order valence-corrected chi connectivity index (χ3v) is 4.55. The van der Waals surface area contributed by atoms with E-state index in [1.807, 2.05) is 0 Å². The van der Waals surface area contributed by atoms with Gasteiger partial charge in [-0.15, -0.1) is 0 Å². The number of pyridine rings is 1. The van der Waals surface area contributed by atoms with Gasteiger partial charge >= 0.3 is 0 Å². The molecule has 20 heavy (non-hydrogen) atoms. The van der Waals surface area contributed by atoms with E-state index in [1.54, 1.807) is 0 Å². The third kappa shape index (κ3) is 3.72. The van der Waals surface area contributed by atoms with Crippen molar-refractivity contribution in [2.24, 2.45) is 11.8 Å². The predicted octanol–water partition coefficient (Wildman–Crippen LogP) is 3.37. The molecule has 1 fully saturated rings. The van der Waals surface area contributed by atoms with Crippen molar-refractivity contribution in [3.8, 4) is 0 Å². The first kappa shape index (κ1) is 15.3. The van der Waals surface area contributed by atoms with Crippen molar-refractivity contribution in [1.29, 1.82) is 0 Å². The van der Waals surface area contributed by atoms with Gasteiger partial charge in [0.15, 0.2) is 0 Å². The molecular formula is C17H29N3. The Balaban J connectivity index is 1.98. The molecule has 1 aromatic heterocycles. The van der Waals surface area contributed by atoms with Crippen LogP contribution in [0.4, 0.5) is 5.82 Å². The van der Waals surface area contributed by atoms with E-state index in [-0.39, 0.29) is 0 Å². The summed E-state index contributed by atoms with van der Waals surface area (Å²) in [6.07, 6.45) is 2.61. The Hall–Kier alpha value is -1.09. The smallest absolute Gasteiger partial charge is 0.128 e. The van der Waals surface area contributed by atoms with Crippen LogP contribution in [0.15, 0.2) is 12.1 Å². The quantitative estimate of drug-likeness (QED) is 0.893. The zero-order chi connectivity index (χ0) is 14.5. The number of rotatable bonds is 5. The van der Waals surface area contributed by atoms with Gasteiger partial charge in [0, 0.05) is 25.3 Å². The number of aromatic nitrogens is 1. The lowest BCUT2D eigenvalue weighted by Crippen LogP contribution is -2.35. The molecule has 0 spiro atoms. The van der Waals surface area contributed by atoms with Gasteiger partial charge in [0.25, 0.3) is 0 Å². The standard InChI is InChI=1S/C17H29N3/c1-5-18-12-16-6-7-17(19-14(16)4)20-10-8-15(9-11-20)13(2)3/h6-7,13,15,18H,5,8-12H2,1-4H3. The lowest BCUT2D eigenvalue weighted by Gasteiger charge is -2.34. The second-order valence-corrected chi connectivity index (χ2v) is 6.26. The Morgan fingerprint density at radius 2 is 2.00 bits per heavy atom. The zero-order valence-electron chi connectivity index (χ0n) is 13.4. The number of nitrogens with one attached hydrogen (secondary N) is 1. The molecule has 3 heteroatoms. The SMILES string of the molecule is CCNCc1ccc(N2CCC(C(C)C)CC2)nc1C. The molecule has 0 atom stereocenters. The average Bonchev–Trinajstić information content (AvgIpc) is 2.46. The van der Waals surface area contributed by atoms with E-state index in [2.05, 4.69) is 50.0 Å². The van der Waals surface area contributed by atoms with Crippen molar-refractivity contribution >= 4 is 5.82 Å². The molecule has 1 aromatic rings. The van der Waals surface area contributed by atoms with E-state index in [9.17, 15) is 0 Å². The molecule has 0 aromatic carbocycles. The molecule has 0 radical (unpaired) electrons. The van der Waals surface area contributed by atoms with Crippen LogP contribution in [0.1, 0.15) is 44.9 Å². The second kappa shape index (κ2) is 7.07. The molecule has 0 saturated carbocycles. The van der Waals surface area contributed by atoms with E-state index in [4.69, 9.17) is 4.98 Å². The molecule has 2 rings (SSSR count). The summed E-state index contributed by atoms with van der Waals surface area (Å²) >= 11 is 0. The normalized spacial score (nSPS) is 16.9. The fourth-order valence-electron chi connectivity index (χ4n) is 2.99. The van der Waals surface area contributed by atoms with Gasteiger partial charge in [-0.3, -0.25) is 0 Å². The number of anilines is 1. The first-order valence-corrected chi connectivity index (χ1v) is 8.04. The third-order valence-electron chi connectivity index (χ3n) is 4.55. The minimum atomic E-state index is 0.814. The van der Waals surface area contributed by atoms with Gasteiger partial charge < -0.3 is 10.2 Å². The van der Waals surface area contributed by atoms with Crippen molar-refractivity contribution in [1.82, 2.24) is 10.3 Å². The highest BCUT2D eigenvalue weighted by atomic mass is 15.2. The number of nitrogens with zero attached hydrogens (tertiary/aromatic N) is 2. The van der Waals surface area contributed by atoms with E-state index < -0.39 is 0 Å². The molecule has 0 bridgehead atoms. The van der Waals surface area contributed by atoms with Crippen molar-refractivity contribution in [3.05, 3.63) is 23.4 Å². The molecule has 1 aliphatic heterocycles. The number of hydrogen-bond donors (Lipinski definition) is 1. The van der Waals surface area contributed by atoms with E-state index in [1.165, 1.54) is 18.4 Å². The molecule has 1 aliphatic rings. The first-order valence-electron chi connectivity index (χ1n) is 8.04. The molecule has 2 heterocycles. The minimum Gasteiger partial charge on any atom is -0.357 e. The van der Waals surface area contributed by atoms with Crippen LogP contribution in [0, 0.1) is 18.8 Å². The van der Waals surface area contributed by atoms with Crippen LogP contribution < -0.4 is 10.2 Å². The highest BCUT2D eigenvalue weighted by Gasteiger charge is 2.22. The van der Waals surface area contributed by atoms with E-state index in [0.717, 1.165) is 49.5 Å². The molecule has 0 aliphatic carbocycles. The molecule has 112 valence electrons. The van der Waals surface area contributed by atoms with Crippen LogP contribution in [0.5, 0.6) is 0 Å². The fourth-order valence-corrected chi connectivity index (χ4v) is 2.99. The Bertz CT molecular complexity index is 420. The summed E-state index contributed by atoms with van der Waals surface area (Å²) in [7, 11) is 0. The van der Waals surface area contributed by atoms with Gasteiger partial charge in [0.05, 0.1) is 0 Å². The lowest BCUT2D eigenvalue weighted by atomic mass is 9.87.